The molecule has 0 spiro atoms. The minimum Gasteiger partial charge on any atom is -0.378 e. The lowest BCUT2D eigenvalue weighted by molar-refractivity contribution is -0.166. The number of anilines is 1. The molecule has 0 bridgehead atoms. The molecule has 23 heavy (non-hydrogen) atoms. The van der Waals surface area contributed by atoms with Crippen molar-refractivity contribution in [3.05, 3.63) is 30.7 Å². The summed E-state index contributed by atoms with van der Waals surface area (Å²) in [5.74, 6) is -0.199. The van der Waals surface area contributed by atoms with Crippen molar-refractivity contribution in [1.82, 2.24) is 9.97 Å². The molecule has 1 aliphatic carbocycles. The highest BCUT2D eigenvalue weighted by atomic mass is 16.5. The molecule has 3 rings (SSSR count). The zero-order valence-corrected chi connectivity index (χ0v) is 13.7. The Balaban J connectivity index is 1.84. The predicted octanol–water partition coefficient (Wildman–Crippen LogP) is 2.10. The van der Waals surface area contributed by atoms with Crippen molar-refractivity contribution in [2.45, 2.75) is 38.8 Å². The third-order valence-electron chi connectivity index (χ3n) is 5.03. The van der Waals surface area contributed by atoms with Crippen molar-refractivity contribution in [1.29, 1.82) is 0 Å². The van der Waals surface area contributed by atoms with Crippen LogP contribution in [0.25, 0.3) is 10.9 Å². The molecular formula is C17H22N4O2. The second kappa shape index (κ2) is 5.54. The van der Waals surface area contributed by atoms with Crippen molar-refractivity contribution in [2.75, 3.05) is 11.9 Å². The van der Waals surface area contributed by atoms with E-state index in [-0.39, 0.29) is 12.0 Å². The maximum absolute atomic E-state index is 12.8. The molecule has 1 saturated carbocycles. The summed E-state index contributed by atoms with van der Waals surface area (Å²) in [7, 11) is 0. The smallest absolute Gasteiger partial charge is 0.245 e. The van der Waals surface area contributed by atoms with Crippen LogP contribution in [0.1, 0.15) is 27.2 Å². The van der Waals surface area contributed by atoms with E-state index in [1.807, 2.05) is 26.8 Å². The Hall–Kier alpha value is -2.05. The number of ether oxygens (including phenoxy) is 1. The van der Waals surface area contributed by atoms with Gasteiger partial charge in [-0.15, -0.1) is 0 Å². The summed E-state index contributed by atoms with van der Waals surface area (Å²) in [6, 6.07) is 3.57. The molecule has 2 unspecified atom stereocenters. The van der Waals surface area contributed by atoms with Gasteiger partial charge in [0.25, 0.3) is 0 Å². The van der Waals surface area contributed by atoms with E-state index in [0.717, 1.165) is 10.9 Å². The Bertz CT molecular complexity index is 741. The number of rotatable bonds is 4. The van der Waals surface area contributed by atoms with E-state index in [2.05, 4.69) is 15.3 Å². The minimum absolute atomic E-state index is 0.000833. The van der Waals surface area contributed by atoms with Gasteiger partial charge in [0, 0.05) is 42.4 Å². The van der Waals surface area contributed by atoms with Gasteiger partial charge in [0.2, 0.25) is 5.91 Å². The predicted molar refractivity (Wildman–Crippen MR) is 88.9 cm³/mol. The van der Waals surface area contributed by atoms with Gasteiger partial charge in [-0.1, -0.05) is 13.8 Å². The SMILES string of the molecule is CCOC1CC(N)(C(=O)Nc2ccnc3ccncc23)C1(C)C. The number of nitrogens with zero attached hydrogens (tertiary/aromatic N) is 2. The Morgan fingerprint density at radius 3 is 2.91 bits per heavy atom. The molecule has 0 aliphatic heterocycles. The van der Waals surface area contributed by atoms with Gasteiger partial charge in [-0.3, -0.25) is 14.8 Å². The molecule has 0 radical (unpaired) electrons. The third kappa shape index (κ3) is 2.38. The van der Waals surface area contributed by atoms with Gasteiger partial charge in [-0.05, 0) is 19.1 Å². The zero-order valence-electron chi connectivity index (χ0n) is 13.7. The molecule has 1 fully saturated rings. The molecule has 1 aliphatic rings. The van der Waals surface area contributed by atoms with Gasteiger partial charge in [-0.25, -0.2) is 0 Å². The van der Waals surface area contributed by atoms with Gasteiger partial charge in [0.15, 0.2) is 0 Å². The number of hydrogen-bond acceptors (Lipinski definition) is 5. The molecule has 2 atom stereocenters. The molecule has 6 heteroatoms. The highest BCUT2D eigenvalue weighted by Gasteiger charge is 2.62. The molecule has 2 aromatic heterocycles. The maximum atomic E-state index is 12.8. The van der Waals surface area contributed by atoms with Crippen LogP contribution in [0, 0.1) is 5.41 Å². The van der Waals surface area contributed by atoms with Crippen molar-refractivity contribution in [3.63, 3.8) is 0 Å². The number of nitrogens with one attached hydrogen (secondary N) is 1. The first-order chi connectivity index (χ1) is 10.9. The van der Waals surface area contributed by atoms with Crippen molar-refractivity contribution in [2.24, 2.45) is 11.1 Å². The van der Waals surface area contributed by atoms with E-state index < -0.39 is 11.0 Å². The minimum atomic E-state index is -0.954. The number of carbonyl (C=O) groups excluding carboxylic acids is 1. The number of amides is 1. The Morgan fingerprint density at radius 1 is 1.43 bits per heavy atom. The first kappa shape index (κ1) is 15.8. The zero-order chi connectivity index (χ0) is 16.7. The van der Waals surface area contributed by atoms with E-state index in [9.17, 15) is 4.79 Å². The fourth-order valence-electron chi connectivity index (χ4n) is 3.15. The third-order valence-corrected chi connectivity index (χ3v) is 5.03. The molecular weight excluding hydrogens is 292 g/mol. The van der Waals surface area contributed by atoms with Crippen LogP contribution in [0.5, 0.6) is 0 Å². The van der Waals surface area contributed by atoms with Gasteiger partial charge >= 0.3 is 0 Å². The highest BCUT2D eigenvalue weighted by Crippen LogP contribution is 2.50. The first-order valence-electron chi connectivity index (χ1n) is 7.81. The van der Waals surface area contributed by atoms with E-state index in [1.54, 1.807) is 24.7 Å². The van der Waals surface area contributed by atoms with Gasteiger partial charge in [-0.2, -0.15) is 0 Å². The average Bonchev–Trinajstić information content (AvgIpc) is 2.54. The number of pyridine rings is 2. The summed E-state index contributed by atoms with van der Waals surface area (Å²) in [6.07, 6.45) is 5.54. The lowest BCUT2D eigenvalue weighted by atomic mass is 9.54. The van der Waals surface area contributed by atoms with Crippen LogP contribution in [-0.2, 0) is 9.53 Å². The van der Waals surface area contributed by atoms with Crippen LogP contribution in [-0.4, -0.2) is 34.1 Å². The van der Waals surface area contributed by atoms with Crippen LogP contribution >= 0.6 is 0 Å². The van der Waals surface area contributed by atoms with E-state index in [0.29, 0.717) is 18.7 Å². The van der Waals surface area contributed by atoms with Gasteiger partial charge in [0.1, 0.15) is 5.54 Å². The normalized spacial score (nSPS) is 25.8. The first-order valence-corrected chi connectivity index (χ1v) is 7.81. The summed E-state index contributed by atoms with van der Waals surface area (Å²) in [5, 5.41) is 3.74. The number of carbonyl (C=O) groups is 1. The highest BCUT2D eigenvalue weighted by molar-refractivity contribution is 6.05. The number of nitrogens with two attached hydrogens (primary N) is 1. The van der Waals surface area contributed by atoms with Crippen LogP contribution < -0.4 is 11.1 Å². The lowest BCUT2D eigenvalue weighted by Gasteiger charge is -2.57. The fourth-order valence-corrected chi connectivity index (χ4v) is 3.15. The molecule has 1 amide bonds. The summed E-state index contributed by atoms with van der Waals surface area (Å²) >= 11 is 0. The van der Waals surface area contributed by atoms with E-state index in [4.69, 9.17) is 10.5 Å². The average molecular weight is 314 g/mol. The number of fused-ring (bicyclic) bond motifs is 1. The van der Waals surface area contributed by atoms with Gasteiger partial charge in [0.05, 0.1) is 17.3 Å². The second-order valence-corrected chi connectivity index (χ2v) is 6.55. The van der Waals surface area contributed by atoms with E-state index in [1.165, 1.54) is 0 Å². The molecule has 2 aromatic rings. The monoisotopic (exact) mass is 314 g/mol. The summed E-state index contributed by atoms with van der Waals surface area (Å²) in [5.41, 5.74) is 6.49. The van der Waals surface area contributed by atoms with Crippen LogP contribution in [0.4, 0.5) is 5.69 Å². The Labute approximate surface area is 135 Å². The van der Waals surface area contributed by atoms with Crippen molar-refractivity contribution in [3.8, 4) is 0 Å². The van der Waals surface area contributed by atoms with Crippen molar-refractivity contribution < 1.29 is 9.53 Å². The molecule has 122 valence electrons. The quantitative estimate of drug-likeness (QED) is 0.902. The Morgan fingerprint density at radius 2 is 2.22 bits per heavy atom. The topological polar surface area (TPSA) is 90.1 Å². The number of aromatic nitrogens is 2. The largest absolute Gasteiger partial charge is 0.378 e. The maximum Gasteiger partial charge on any atom is 0.245 e. The molecule has 3 N–H and O–H groups in total. The fraction of sp³-hybridized carbons (Fsp3) is 0.471. The van der Waals surface area contributed by atoms with Crippen molar-refractivity contribution >= 4 is 22.5 Å². The molecule has 2 heterocycles. The van der Waals surface area contributed by atoms with E-state index >= 15 is 0 Å². The molecule has 0 saturated heterocycles. The summed E-state index contributed by atoms with van der Waals surface area (Å²) in [6.45, 7) is 6.51. The lowest BCUT2D eigenvalue weighted by Crippen LogP contribution is -2.74. The molecule has 0 aromatic carbocycles. The second-order valence-electron chi connectivity index (χ2n) is 6.55. The summed E-state index contributed by atoms with van der Waals surface area (Å²) in [4.78, 5) is 21.2. The summed E-state index contributed by atoms with van der Waals surface area (Å²) < 4.78 is 5.68. The standard InChI is InChI=1S/C17H22N4O2/c1-4-23-14-9-17(18,16(14,2)3)15(22)21-13-6-8-20-12-5-7-19-10-11(12)13/h5-8,10,14H,4,9,18H2,1-3H3,(H,20,21,22). The molecule has 6 nitrogen and oxygen atoms in total. The van der Waals surface area contributed by atoms with Crippen LogP contribution in [0.15, 0.2) is 30.7 Å². The van der Waals surface area contributed by atoms with Crippen LogP contribution in [0.2, 0.25) is 0 Å². The number of hydrogen-bond donors (Lipinski definition) is 2. The van der Waals surface area contributed by atoms with Crippen LogP contribution in [0.3, 0.4) is 0 Å². The Kier molecular flexibility index (Phi) is 3.82. The van der Waals surface area contributed by atoms with Gasteiger partial charge < -0.3 is 15.8 Å².